The van der Waals surface area contributed by atoms with Crippen LogP contribution in [0, 0.1) is 24.5 Å². The molecule has 1 rings (SSSR count). The monoisotopic (exact) mass is 227 g/mol. The van der Waals surface area contributed by atoms with Crippen molar-refractivity contribution < 1.29 is 8.78 Å². The zero-order valence-electron chi connectivity index (χ0n) is 10.1. The van der Waals surface area contributed by atoms with E-state index < -0.39 is 17.7 Å². The molecule has 0 aliphatic heterocycles. The normalized spacial score (nSPS) is 13.2. The summed E-state index contributed by atoms with van der Waals surface area (Å²) in [5.41, 5.74) is 6.45. The van der Waals surface area contributed by atoms with Gasteiger partial charge < -0.3 is 5.73 Å². The minimum absolute atomic E-state index is 0.281. The zero-order valence-corrected chi connectivity index (χ0v) is 10.1. The quantitative estimate of drug-likeness (QED) is 0.833. The van der Waals surface area contributed by atoms with Crippen molar-refractivity contribution in [1.29, 1.82) is 0 Å². The Balaban J connectivity index is 2.84. The van der Waals surface area contributed by atoms with Gasteiger partial charge in [-0.15, -0.1) is 0 Å². The third-order valence-corrected chi connectivity index (χ3v) is 2.76. The maximum Gasteiger partial charge on any atom is 0.163 e. The fourth-order valence-corrected chi connectivity index (χ4v) is 1.62. The van der Waals surface area contributed by atoms with Crippen LogP contribution in [0.1, 0.15) is 43.9 Å². The third kappa shape index (κ3) is 3.01. The molecule has 0 saturated heterocycles. The second kappa shape index (κ2) is 5.39. The van der Waals surface area contributed by atoms with Gasteiger partial charge in [0.2, 0.25) is 0 Å². The molecule has 0 aliphatic rings. The number of hydrogen-bond donors (Lipinski definition) is 1. The molecule has 1 aromatic carbocycles. The van der Waals surface area contributed by atoms with Crippen molar-refractivity contribution in [2.24, 2.45) is 11.7 Å². The van der Waals surface area contributed by atoms with E-state index in [9.17, 15) is 8.78 Å². The average Bonchev–Trinajstić information content (AvgIpc) is 2.23. The highest BCUT2D eigenvalue weighted by atomic mass is 19.2. The van der Waals surface area contributed by atoms with E-state index in [0.29, 0.717) is 17.9 Å². The molecule has 0 spiro atoms. The molecule has 1 atom stereocenters. The average molecular weight is 227 g/mol. The molecule has 0 heterocycles. The molecule has 2 N–H and O–H groups in total. The molecule has 0 bridgehead atoms. The van der Waals surface area contributed by atoms with Gasteiger partial charge in [-0.1, -0.05) is 26.0 Å². The first kappa shape index (κ1) is 13.1. The van der Waals surface area contributed by atoms with Gasteiger partial charge >= 0.3 is 0 Å². The Bertz CT molecular complexity index is 361. The van der Waals surface area contributed by atoms with Crippen molar-refractivity contribution in [2.45, 2.75) is 39.7 Å². The Morgan fingerprint density at radius 2 is 1.75 bits per heavy atom. The van der Waals surface area contributed by atoms with Gasteiger partial charge in [0.25, 0.3) is 0 Å². The maximum absolute atomic E-state index is 13.6. The first-order valence-corrected chi connectivity index (χ1v) is 5.63. The van der Waals surface area contributed by atoms with Crippen molar-refractivity contribution in [3.63, 3.8) is 0 Å². The first-order chi connectivity index (χ1) is 7.43. The smallest absolute Gasteiger partial charge is 0.163 e. The summed E-state index contributed by atoms with van der Waals surface area (Å²) in [5.74, 6) is -1.06. The summed E-state index contributed by atoms with van der Waals surface area (Å²) in [4.78, 5) is 0. The number of aryl methyl sites for hydroxylation is 1. The van der Waals surface area contributed by atoms with Gasteiger partial charge in [-0.3, -0.25) is 0 Å². The van der Waals surface area contributed by atoms with Crippen LogP contribution < -0.4 is 5.73 Å². The molecule has 90 valence electrons. The van der Waals surface area contributed by atoms with Crippen molar-refractivity contribution in [3.05, 3.63) is 34.9 Å². The molecule has 1 nitrogen and oxygen atoms in total. The SMILES string of the molecule is Cc1ccc([C@@H](N)CCC(C)C)c(F)c1F. The maximum atomic E-state index is 13.6. The molecule has 0 unspecified atom stereocenters. The molecule has 0 aromatic heterocycles. The fraction of sp³-hybridized carbons (Fsp3) is 0.538. The first-order valence-electron chi connectivity index (χ1n) is 5.63. The summed E-state index contributed by atoms with van der Waals surface area (Å²) in [5, 5.41) is 0. The molecule has 0 saturated carbocycles. The van der Waals surface area contributed by atoms with E-state index in [-0.39, 0.29) is 5.56 Å². The van der Waals surface area contributed by atoms with E-state index in [2.05, 4.69) is 13.8 Å². The Labute approximate surface area is 95.7 Å². The number of halogens is 2. The van der Waals surface area contributed by atoms with Crippen LogP contribution in [0.15, 0.2) is 12.1 Å². The van der Waals surface area contributed by atoms with Crippen LogP contribution in [0.3, 0.4) is 0 Å². The zero-order chi connectivity index (χ0) is 12.3. The van der Waals surface area contributed by atoms with E-state index in [1.165, 1.54) is 0 Å². The van der Waals surface area contributed by atoms with Crippen LogP contribution in [0.5, 0.6) is 0 Å². The number of hydrogen-bond acceptors (Lipinski definition) is 1. The van der Waals surface area contributed by atoms with Crippen LogP contribution in [-0.2, 0) is 0 Å². The van der Waals surface area contributed by atoms with E-state index in [1.807, 2.05) is 0 Å². The highest BCUT2D eigenvalue weighted by Gasteiger charge is 2.16. The molecule has 16 heavy (non-hydrogen) atoms. The third-order valence-electron chi connectivity index (χ3n) is 2.76. The summed E-state index contributed by atoms with van der Waals surface area (Å²) in [7, 11) is 0. The Morgan fingerprint density at radius 1 is 1.12 bits per heavy atom. The van der Waals surface area contributed by atoms with Crippen LogP contribution >= 0.6 is 0 Å². The van der Waals surface area contributed by atoms with Gasteiger partial charge in [-0.2, -0.15) is 0 Å². The predicted molar refractivity (Wildman–Crippen MR) is 62.1 cm³/mol. The minimum Gasteiger partial charge on any atom is -0.324 e. The highest BCUT2D eigenvalue weighted by molar-refractivity contribution is 5.27. The second-order valence-electron chi connectivity index (χ2n) is 4.68. The fourth-order valence-electron chi connectivity index (χ4n) is 1.62. The number of nitrogens with two attached hydrogens (primary N) is 1. The minimum atomic E-state index is -0.795. The largest absolute Gasteiger partial charge is 0.324 e. The van der Waals surface area contributed by atoms with Crippen LogP contribution in [0.25, 0.3) is 0 Å². The Morgan fingerprint density at radius 3 is 2.31 bits per heavy atom. The summed E-state index contributed by atoms with van der Waals surface area (Å²) in [6, 6.07) is 2.74. The van der Waals surface area contributed by atoms with E-state index in [4.69, 9.17) is 5.73 Å². The highest BCUT2D eigenvalue weighted by Crippen LogP contribution is 2.24. The van der Waals surface area contributed by atoms with Crippen molar-refractivity contribution in [2.75, 3.05) is 0 Å². The molecular formula is C13H19F2N. The van der Waals surface area contributed by atoms with E-state index in [1.54, 1.807) is 19.1 Å². The lowest BCUT2D eigenvalue weighted by Gasteiger charge is -2.15. The van der Waals surface area contributed by atoms with Gasteiger partial charge in [0.15, 0.2) is 11.6 Å². The van der Waals surface area contributed by atoms with Gasteiger partial charge in [0, 0.05) is 11.6 Å². The second-order valence-corrected chi connectivity index (χ2v) is 4.68. The Hall–Kier alpha value is -0.960. The number of rotatable bonds is 4. The molecule has 1 aromatic rings. The lowest BCUT2D eigenvalue weighted by Crippen LogP contribution is -2.14. The molecule has 3 heteroatoms. The molecule has 0 radical (unpaired) electrons. The summed E-state index contributed by atoms with van der Waals surface area (Å²) in [6.45, 7) is 5.71. The van der Waals surface area contributed by atoms with Gasteiger partial charge in [-0.05, 0) is 31.2 Å². The lowest BCUT2D eigenvalue weighted by atomic mass is 9.97. The molecule has 0 amide bonds. The van der Waals surface area contributed by atoms with Gasteiger partial charge in [0.05, 0.1) is 0 Å². The van der Waals surface area contributed by atoms with E-state index >= 15 is 0 Å². The van der Waals surface area contributed by atoms with E-state index in [0.717, 1.165) is 6.42 Å². The molecular weight excluding hydrogens is 208 g/mol. The predicted octanol–water partition coefficient (Wildman–Crippen LogP) is 3.71. The topological polar surface area (TPSA) is 26.0 Å². The molecule has 0 fully saturated rings. The Kier molecular flexibility index (Phi) is 4.42. The summed E-state index contributed by atoms with van der Waals surface area (Å²) < 4.78 is 26.9. The van der Waals surface area contributed by atoms with Crippen LogP contribution in [0.2, 0.25) is 0 Å². The van der Waals surface area contributed by atoms with Gasteiger partial charge in [-0.25, -0.2) is 8.78 Å². The standard InChI is InChI=1S/C13H19F2N/c1-8(2)4-7-11(16)10-6-5-9(3)12(14)13(10)15/h5-6,8,11H,4,7,16H2,1-3H3/t11-/m0/s1. The lowest BCUT2D eigenvalue weighted by molar-refractivity contribution is 0.460. The van der Waals surface area contributed by atoms with Crippen LogP contribution in [-0.4, -0.2) is 0 Å². The summed E-state index contributed by atoms with van der Waals surface area (Å²) in [6.07, 6.45) is 1.59. The van der Waals surface area contributed by atoms with Crippen molar-refractivity contribution in [3.8, 4) is 0 Å². The molecule has 0 aliphatic carbocycles. The van der Waals surface area contributed by atoms with Gasteiger partial charge in [0.1, 0.15) is 0 Å². The van der Waals surface area contributed by atoms with Crippen molar-refractivity contribution >= 4 is 0 Å². The summed E-state index contributed by atoms with van der Waals surface area (Å²) >= 11 is 0. The number of benzene rings is 1. The van der Waals surface area contributed by atoms with Crippen molar-refractivity contribution in [1.82, 2.24) is 0 Å². The van der Waals surface area contributed by atoms with Crippen LogP contribution in [0.4, 0.5) is 8.78 Å².